The summed E-state index contributed by atoms with van der Waals surface area (Å²) in [6.07, 6.45) is 3.24. The van der Waals surface area contributed by atoms with Crippen LogP contribution < -0.4 is 4.90 Å². The molecule has 0 aliphatic carbocycles. The van der Waals surface area contributed by atoms with Crippen LogP contribution in [0.4, 0.5) is 10.1 Å². The summed E-state index contributed by atoms with van der Waals surface area (Å²) in [6.45, 7) is 1.61. The quantitative estimate of drug-likeness (QED) is 0.837. The predicted octanol–water partition coefficient (Wildman–Crippen LogP) is 2.51. The Hall–Kier alpha value is -1.58. The maximum absolute atomic E-state index is 13.6. The SMILES string of the molecule is O=C(O)c1ccc(F)c(N2CCCCC2)c1. The molecule has 1 heterocycles. The van der Waals surface area contributed by atoms with Crippen LogP contribution >= 0.6 is 0 Å². The van der Waals surface area contributed by atoms with Crippen molar-refractivity contribution >= 4 is 11.7 Å². The zero-order valence-corrected chi connectivity index (χ0v) is 8.95. The van der Waals surface area contributed by atoms with Crippen molar-refractivity contribution in [3.8, 4) is 0 Å². The molecule has 1 N–H and O–H groups in total. The van der Waals surface area contributed by atoms with E-state index in [4.69, 9.17) is 5.11 Å². The van der Waals surface area contributed by atoms with Gasteiger partial charge in [0.05, 0.1) is 11.3 Å². The molecule has 4 heteroatoms. The maximum Gasteiger partial charge on any atom is 0.335 e. The van der Waals surface area contributed by atoms with E-state index in [2.05, 4.69) is 0 Å². The van der Waals surface area contributed by atoms with E-state index < -0.39 is 5.97 Å². The molecule has 86 valence electrons. The van der Waals surface area contributed by atoms with E-state index in [0.29, 0.717) is 5.69 Å². The van der Waals surface area contributed by atoms with Crippen LogP contribution in [0.2, 0.25) is 0 Å². The number of aromatic carboxylic acids is 1. The zero-order valence-electron chi connectivity index (χ0n) is 8.95. The van der Waals surface area contributed by atoms with Crippen LogP contribution in [0.1, 0.15) is 29.6 Å². The van der Waals surface area contributed by atoms with Crippen molar-refractivity contribution in [2.45, 2.75) is 19.3 Å². The molecule has 0 unspecified atom stereocenters. The Labute approximate surface area is 93.5 Å². The summed E-state index contributed by atoms with van der Waals surface area (Å²) in [6, 6.07) is 3.95. The maximum atomic E-state index is 13.6. The van der Waals surface area contributed by atoms with E-state index in [1.807, 2.05) is 4.90 Å². The minimum atomic E-state index is -1.02. The van der Waals surface area contributed by atoms with Gasteiger partial charge in [0.15, 0.2) is 0 Å². The summed E-state index contributed by atoms with van der Waals surface area (Å²) in [5.41, 5.74) is 0.557. The van der Waals surface area contributed by atoms with Crippen LogP contribution in [-0.2, 0) is 0 Å². The van der Waals surface area contributed by atoms with Gasteiger partial charge in [0, 0.05) is 13.1 Å². The second-order valence-electron chi connectivity index (χ2n) is 4.02. The van der Waals surface area contributed by atoms with Gasteiger partial charge in [0.2, 0.25) is 0 Å². The van der Waals surface area contributed by atoms with Crippen LogP contribution in [-0.4, -0.2) is 24.2 Å². The molecule has 1 fully saturated rings. The smallest absolute Gasteiger partial charge is 0.335 e. The number of carboxylic acid groups (broad SMARTS) is 1. The van der Waals surface area contributed by atoms with Gasteiger partial charge in [0.25, 0.3) is 0 Å². The predicted molar refractivity (Wildman–Crippen MR) is 59.4 cm³/mol. The Bertz CT molecular complexity index is 400. The molecule has 1 aliphatic heterocycles. The number of piperidine rings is 1. The molecule has 1 aromatic rings. The first-order valence-corrected chi connectivity index (χ1v) is 5.46. The number of halogens is 1. The van der Waals surface area contributed by atoms with Crippen molar-refractivity contribution in [2.75, 3.05) is 18.0 Å². The number of benzene rings is 1. The molecule has 16 heavy (non-hydrogen) atoms. The standard InChI is InChI=1S/C12H14FNO2/c13-10-5-4-9(12(15)16)8-11(10)14-6-2-1-3-7-14/h4-5,8H,1-3,6-7H2,(H,15,16). The van der Waals surface area contributed by atoms with Crippen molar-refractivity contribution in [1.82, 2.24) is 0 Å². The fourth-order valence-corrected chi connectivity index (χ4v) is 2.02. The molecule has 0 bridgehead atoms. The van der Waals surface area contributed by atoms with E-state index in [1.54, 1.807) is 0 Å². The fraction of sp³-hybridized carbons (Fsp3) is 0.417. The topological polar surface area (TPSA) is 40.5 Å². The number of anilines is 1. The van der Waals surface area contributed by atoms with Gasteiger partial charge in [-0.05, 0) is 37.5 Å². The summed E-state index contributed by atoms with van der Waals surface area (Å²) in [5.74, 6) is -1.36. The molecule has 1 aliphatic rings. The Balaban J connectivity index is 2.30. The molecule has 0 saturated carbocycles. The lowest BCUT2D eigenvalue weighted by atomic mass is 10.1. The number of hydrogen-bond donors (Lipinski definition) is 1. The van der Waals surface area contributed by atoms with Crippen molar-refractivity contribution in [1.29, 1.82) is 0 Å². The van der Waals surface area contributed by atoms with Gasteiger partial charge in [-0.1, -0.05) is 0 Å². The number of carboxylic acids is 1. The molecule has 0 spiro atoms. The highest BCUT2D eigenvalue weighted by atomic mass is 19.1. The summed E-state index contributed by atoms with van der Waals surface area (Å²) in [4.78, 5) is 12.7. The second-order valence-corrected chi connectivity index (χ2v) is 4.02. The van der Waals surface area contributed by atoms with Crippen LogP contribution in [0, 0.1) is 5.82 Å². The third-order valence-corrected chi connectivity index (χ3v) is 2.89. The highest BCUT2D eigenvalue weighted by molar-refractivity contribution is 5.88. The van der Waals surface area contributed by atoms with E-state index in [-0.39, 0.29) is 11.4 Å². The molecular formula is C12H14FNO2. The molecule has 1 saturated heterocycles. The van der Waals surface area contributed by atoms with E-state index in [9.17, 15) is 9.18 Å². The molecule has 0 aromatic heterocycles. The molecule has 3 nitrogen and oxygen atoms in total. The average molecular weight is 223 g/mol. The minimum absolute atomic E-state index is 0.141. The van der Waals surface area contributed by atoms with Gasteiger partial charge in [-0.25, -0.2) is 9.18 Å². The highest BCUT2D eigenvalue weighted by Gasteiger charge is 2.16. The monoisotopic (exact) mass is 223 g/mol. The molecular weight excluding hydrogens is 209 g/mol. The number of nitrogens with zero attached hydrogens (tertiary/aromatic N) is 1. The van der Waals surface area contributed by atoms with Crippen LogP contribution in [0.15, 0.2) is 18.2 Å². The van der Waals surface area contributed by atoms with E-state index >= 15 is 0 Å². The Morgan fingerprint density at radius 1 is 1.25 bits per heavy atom. The largest absolute Gasteiger partial charge is 0.478 e. The molecule has 0 radical (unpaired) electrons. The lowest BCUT2D eigenvalue weighted by Crippen LogP contribution is -2.30. The Morgan fingerprint density at radius 2 is 1.94 bits per heavy atom. The number of hydrogen-bond acceptors (Lipinski definition) is 2. The van der Waals surface area contributed by atoms with E-state index in [0.717, 1.165) is 32.4 Å². The summed E-state index contributed by atoms with van der Waals surface area (Å²) < 4.78 is 13.6. The van der Waals surface area contributed by atoms with Gasteiger partial charge in [-0.15, -0.1) is 0 Å². The third-order valence-electron chi connectivity index (χ3n) is 2.89. The first-order valence-electron chi connectivity index (χ1n) is 5.46. The van der Waals surface area contributed by atoms with Gasteiger partial charge in [0.1, 0.15) is 5.82 Å². The first kappa shape index (κ1) is 10.9. The van der Waals surface area contributed by atoms with Crippen LogP contribution in [0.25, 0.3) is 0 Å². The van der Waals surface area contributed by atoms with Gasteiger partial charge < -0.3 is 10.0 Å². The number of rotatable bonds is 2. The third kappa shape index (κ3) is 2.15. The fourth-order valence-electron chi connectivity index (χ4n) is 2.02. The Kier molecular flexibility index (Phi) is 3.08. The van der Waals surface area contributed by atoms with Gasteiger partial charge in [-0.3, -0.25) is 0 Å². The van der Waals surface area contributed by atoms with Crippen molar-refractivity contribution in [2.24, 2.45) is 0 Å². The second kappa shape index (κ2) is 4.51. The van der Waals surface area contributed by atoms with Crippen LogP contribution in [0.5, 0.6) is 0 Å². The zero-order chi connectivity index (χ0) is 11.5. The lowest BCUT2D eigenvalue weighted by Gasteiger charge is -2.29. The van der Waals surface area contributed by atoms with Crippen molar-refractivity contribution in [3.05, 3.63) is 29.6 Å². The minimum Gasteiger partial charge on any atom is -0.478 e. The molecule has 1 aromatic carbocycles. The first-order chi connectivity index (χ1) is 7.68. The average Bonchev–Trinajstić information content (AvgIpc) is 2.30. The van der Waals surface area contributed by atoms with Crippen molar-refractivity contribution < 1.29 is 14.3 Å². The number of carbonyl (C=O) groups is 1. The Morgan fingerprint density at radius 3 is 2.56 bits per heavy atom. The van der Waals surface area contributed by atoms with Gasteiger partial charge in [-0.2, -0.15) is 0 Å². The lowest BCUT2D eigenvalue weighted by molar-refractivity contribution is 0.0697. The van der Waals surface area contributed by atoms with Crippen LogP contribution in [0.3, 0.4) is 0 Å². The summed E-state index contributed by atoms with van der Waals surface area (Å²) in [7, 11) is 0. The summed E-state index contributed by atoms with van der Waals surface area (Å²) in [5, 5.41) is 8.86. The molecule has 0 atom stereocenters. The normalized spacial score (nSPS) is 16.2. The highest BCUT2D eigenvalue weighted by Crippen LogP contribution is 2.24. The van der Waals surface area contributed by atoms with Gasteiger partial charge >= 0.3 is 5.97 Å². The molecule has 2 rings (SSSR count). The summed E-state index contributed by atoms with van der Waals surface area (Å²) >= 11 is 0. The molecule has 0 amide bonds. The van der Waals surface area contributed by atoms with E-state index in [1.165, 1.54) is 18.2 Å². The van der Waals surface area contributed by atoms with Crippen molar-refractivity contribution in [3.63, 3.8) is 0 Å².